The van der Waals surface area contributed by atoms with Crippen molar-refractivity contribution in [2.45, 2.75) is 24.8 Å². The van der Waals surface area contributed by atoms with Gasteiger partial charge in [0.25, 0.3) is 0 Å². The molecule has 0 aliphatic carbocycles. The van der Waals surface area contributed by atoms with Gasteiger partial charge in [-0.05, 0) is 26.0 Å². The molecule has 1 aromatic rings. The molecule has 0 amide bonds. The molecule has 0 spiro atoms. The Labute approximate surface area is 102 Å². The Hall–Kier alpha value is -1.11. The number of ether oxygens (including phenoxy) is 1. The van der Waals surface area contributed by atoms with Gasteiger partial charge in [-0.1, -0.05) is 12.1 Å². The zero-order valence-corrected chi connectivity index (χ0v) is 10.8. The average Bonchev–Trinajstić information content (AvgIpc) is 2.25. The standard InChI is InChI=1S/C11H18N2O3S/c1-3-16-8-9(2)13-10-6-4-5-7-11(10)17(12,14)15/h4-7,9,13H,3,8H2,1-2H3,(H2,12,14,15). The molecule has 1 rings (SSSR count). The summed E-state index contributed by atoms with van der Waals surface area (Å²) in [6.07, 6.45) is 0. The summed E-state index contributed by atoms with van der Waals surface area (Å²) in [5.41, 5.74) is 0.502. The van der Waals surface area contributed by atoms with Gasteiger partial charge in [-0.3, -0.25) is 0 Å². The van der Waals surface area contributed by atoms with Crippen LogP contribution in [0.1, 0.15) is 13.8 Å². The first kappa shape index (κ1) is 14.0. The summed E-state index contributed by atoms with van der Waals surface area (Å²) < 4.78 is 28.0. The molecule has 1 unspecified atom stereocenters. The number of anilines is 1. The molecular formula is C11H18N2O3S. The lowest BCUT2D eigenvalue weighted by atomic mass is 10.3. The molecule has 0 aliphatic rings. The Morgan fingerprint density at radius 1 is 1.41 bits per heavy atom. The highest BCUT2D eigenvalue weighted by Gasteiger charge is 2.14. The predicted molar refractivity (Wildman–Crippen MR) is 67.4 cm³/mol. The van der Waals surface area contributed by atoms with Crippen LogP contribution in [0.5, 0.6) is 0 Å². The molecular weight excluding hydrogens is 240 g/mol. The molecule has 0 bridgehead atoms. The minimum absolute atomic E-state index is 0.0119. The van der Waals surface area contributed by atoms with E-state index in [0.717, 1.165) is 0 Å². The van der Waals surface area contributed by atoms with Gasteiger partial charge in [-0.25, -0.2) is 13.6 Å². The molecule has 17 heavy (non-hydrogen) atoms. The van der Waals surface area contributed by atoms with Crippen molar-refractivity contribution in [1.29, 1.82) is 0 Å². The maximum absolute atomic E-state index is 11.4. The van der Waals surface area contributed by atoms with Gasteiger partial charge >= 0.3 is 0 Å². The molecule has 96 valence electrons. The third kappa shape index (κ3) is 4.33. The number of nitrogens with two attached hydrogens (primary N) is 1. The summed E-state index contributed by atoms with van der Waals surface area (Å²) in [6.45, 7) is 4.96. The van der Waals surface area contributed by atoms with Crippen LogP contribution in [0.4, 0.5) is 5.69 Å². The van der Waals surface area contributed by atoms with Gasteiger partial charge in [0.2, 0.25) is 10.0 Å². The molecule has 0 fully saturated rings. The van der Waals surface area contributed by atoms with Gasteiger partial charge < -0.3 is 10.1 Å². The zero-order valence-electron chi connectivity index (χ0n) is 10.0. The fourth-order valence-electron chi connectivity index (χ4n) is 1.44. The van der Waals surface area contributed by atoms with E-state index in [1.54, 1.807) is 18.2 Å². The van der Waals surface area contributed by atoms with Crippen molar-refractivity contribution in [3.63, 3.8) is 0 Å². The maximum atomic E-state index is 11.4. The Kier molecular flexibility index (Phi) is 4.92. The third-order valence-electron chi connectivity index (χ3n) is 2.17. The zero-order chi connectivity index (χ0) is 12.9. The van der Waals surface area contributed by atoms with Crippen LogP contribution in [-0.2, 0) is 14.8 Å². The summed E-state index contributed by atoms with van der Waals surface area (Å²) in [4.78, 5) is 0.100. The van der Waals surface area contributed by atoms with Crippen molar-refractivity contribution in [2.75, 3.05) is 18.5 Å². The second kappa shape index (κ2) is 6.00. The van der Waals surface area contributed by atoms with E-state index in [9.17, 15) is 8.42 Å². The minimum Gasteiger partial charge on any atom is -0.380 e. The quantitative estimate of drug-likeness (QED) is 0.802. The normalized spacial score (nSPS) is 13.4. The van der Waals surface area contributed by atoms with Crippen molar-refractivity contribution in [3.05, 3.63) is 24.3 Å². The number of para-hydroxylation sites is 1. The van der Waals surface area contributed by atoms with Crippen LogP contribution in [0.3, 0.4) is 0 Å². The number of hydrogen-bond acceptors (Lipinski definition) is 4. The van der Waals surface area contributed by atoms with Crippen LogP contribution in [0.25, 0.3) is 0 Å². The van der Waals surface area contributed by atoms with Crippen LogP contribution in [0.2, 0.25) is 0 Å². The number of hydrogen-bond donors (Lipinski definition) is 2. The van der Waals surface area contributed by atoms with E-state index in [-0.39, 0.29) is 10.9 Å². The highest BCUT2D eigenvalue weighted by Crippen LogP contribution is 2.19. The Morgan fingerprint density at radius 3 is 2.65 bits per heavy atom. The van der Waals surface area contributed by atoms with E-state index in [4.69, 9.17) is 9.88 Å². The first-order valence-electron chi connectivity index (χ1n) is 5.41. The molecule has 0 aliphatic heterocycles. The second-order valence-corrected chi connectivity index (χ2v) is 5.28. The van der Waals surface area contributed by atoms with E-state index in [0.29, 0.717) is 18.9 Å². The van der Waals surface area contributed by atoms with Gasteiger partial charge in [0.15, 0.2) is 0 Å². The molecule has 5 nitrogen and oxygen atoms in total. The third-order valence-corrected chi connectivity index (χ3v) is 3.14. The van der Waals surface area contributed by atoms with Gasteiger partial charge in [-0.15, -0.1) is 0 Å². The van der Waals surface area contributed by atoms with Crippen LogP contribution < -0.4 is 10.5 Å². The smallest absolute Gasteiger partial charge is 0.240 e. The van der Waals surface area contributed by atoms with Crippen LogP contribution in [-0.4, -0.2) is 27.7 Å². The van der Waals surface area contributed by atoms with Gasteiger partial charge in [0.05, 0.1) is 12.3 Å². The lowest BCUT2D eigenvalue weighted by Gasteiger charge is -2.17. The molecule has 1 atom stereocenters. The lowest BCUT2D eigenvalue weighted by molar-refractivity contribution is 0.141. The summed E-state index contributed by atoms with van der Waals surface area (Å²) >= 11 is 0. The molecule has 1 aromatic carbocycles. The monoisotopic (exact) mass is 258 g/mol. The number of sulfonamides is 1. The number of benzene rings is 1. The summed E-state index contributed by atoms with van der Waals surface area (Å²) in [7, 11) is -3.70. The highest BCUT2D eigenvalue weighted by atomic mass is 32.2. The van der Waals surface area contributed by atoms with E-state index >= 15 is 0 Å². The van der Waals surface area contributed by atoms with Crippen molar-refractivity contribution >= 4 is 15.7 Å². The van der Waals surface area contributed by atoms with E-state index in [2.05, 4.69) is 5.32 Å². The molecule has 0 saturated heterocycles. The average molecular weight is 258 g/mol. The molecule has 0 radical (unpaired) electrons. The predicted octanol–water partition coefficient (Wildman–Crippen LogP) is 1.17. The lowest BCUT2D eigenvalue weighted by Crippen LogP contribution is -2.24. The summed E-state index contributed by atoms with van der Waals surface area (Å²) in [6, 6.07) is 6.56. The van der Waals surface area contributed by atoms with E-state index in [1.165, 1.54) is 6.07 Å². The van der Waals surface area contributed by atoms with E-state index < -0.39 is 10.0 Å². The maximum Gasteiger partial charge on any atom is 0.240 e. The second-order valence-electron chi connectivity index (χ2n) is 3.75. The van der Waals surface area contributed by atoms with Gasteiger partial charge in [-0.2, -0.15) is 0 Å². The first-order chi connectivity index (χ1) is 7.95. The van der Waals surface area contributed by atoms with E-state index in [1.807, 2.05) is 13.8 Å². The molecule has 0 aromatic heterocycles. The summed E-state index contributed by atoms with van der Waals surface area (Å²) in [5.74, 6) is 0. The van der Waals surface area contributed by atoms with Crippen molar-refractivity contribution < 1.29 is 13.2 Å². The minimum atomic E-state index is -3.70. The fourth-order valence-corrected chi connectivity index (χ4v) is 2.14. The molecule has 0 saturated carbocycles. The molecule has 6 heteroatoms. The van der Waals surface area contributed by atoms with Crippen LogP contribution in [0, 0.1) is 0 Å². The Balaban J connectivity index is 2.84. The van der Waals surface area contributed by atoms with Crippen molar-refractivity contribution in [2.24, 2.45) is 5.14 Å². The Morgan fingerprint density at radius 2 is 2.06 bits per heavy atom. The van der Waals surface area contributed by atoms with Gasteiger partial charge in [0.1, 0.15) is 4.90 Å². The van der Waals surface area contributed by atoms with Crippen LogP contribution in [0.15, 0.2) is 29.2 Å². The largest absolute Gasteiger partial charge is 0.380 e. The molecule has 3 N–H and O–H groups in total. The number of nitrogens with one attached hydrogen (secondary N) is 1. The summed E-state index contributed by atoms with van der Waals surface area (Å²) in [5, 5.41) is 8.20. The Bertz CT molecular complexity index is 460. The first-order valence-corrected chi connectivity index (χ1v) is 6.96. The van der Waals surface area contributed by atoms with Crippen molar-refractivity contribution in [3.8, 4) is 0 Å². The van der Waals surface area contributed by atoms with Crippen LogP contribution >= 0.6 is 0 Å². The number of rotatable bonds is 6. The molecule has 0 heterocycles. The van der Waals surface area contributed by atoms with Crippen molar-refractivity contribution in [1.82, 2.24) is 0 Å². The highest BCUT2D eigenvalue weighted by molar-refractivity contribution is 7.89. The fraction of sp³-hybridized carbons (Fsp3) is 0.455. The number of primary sulfonamides is 1. The van der Waals surface area contributed by atoms with Gasteiger partial charge in [0, 0.05) is 12.6 Å². The SMILES string of the molecule is CCOCC(C)Nc1ccccc1S(N)(=O)=O. The topological polar surface area (TPSA) is 81.4 Å².